The fraction of sp³-hybridized carbons (Fsp3) is 0.720. The third kappa shape index (κ3) is 14.3. The molecule has 0 atom stereocenters. The van der Waals surface area contributed by atoms with E-state index in [-0.39, 0.29) is 10.7 Å². The zero-order chi connectivity index (χ0) is 22.7. The smallest absolute Gasteiger partial charge is 0.319 e. The van der Waals surface area contributed by atoms with Crippen molar-refractivity contribution in [1.82, 2.24) is 5.32 Å². The summed E-state index contributed by atoms with van der Waals surface area (Å²) in [5, 5.41) is 5.13. The molecule has 0 aliphatic rings. The summed E-state index contributed by atoms with van der Waals surface area (Å²) >= 11 is 5.80. The molecule has 0 aromatic heterocycles. The molecule has 0 heterocycles. The Labute approximate surface area is 192 Å². The Morgan fingerprint density at radius 1 is 0.742 bits per heavy atom. The van der Waals surface area contributed by atoms with Crippen molar-refractivity contribution in [2.45, 2.75) is 110 Å². The first-order valence-corrected chi connectivity index (χ1v) is 12.6. The third-order valence-corrected chi connectivity index (χ3v) is 5.89. The number of hydrogen-bond acceptors (Lipinski definition) is 1. The average Bonchev–Trinajstić information content (AvgIpc) is 2.74. The minimum atomic E-state index is -1.04. The molecule has 2 N–H and O–H groups in total. The molecule has 1 aromatic rings. The Bertz CT molecular complexity index is 613. The summed E-state index contributed by atoms with van der Waals surface area (Å²) in [5.41, 5.74) is 0.0602. The molecule has 3 nitrogen and oxygen atoms in total. The van der Waals surface area contributed by atoms with Crippen molar-refractivity contribution in [1.29, 1.82) is 0 Å². The highest BCUT2D eigenvalue weighted by Gasteiger charge is 2.10. The van der Waals surface area contributed by atoms with Crippen LogP contribution in [0.4, 0.5) is 19.3 Å². The van der Waals surface area contributed by atoms with Crippen LogP contribution in [0.15, 0.2) is 12.1 Å². The van der Waals surface area contributed by atoms with E-state index in [4.69, 9.17) is 11.6 Å². The maximum atomic E-state index is 13.2. The van der Waals surface area contributed by atoms with Gasteiger partial charge in [0.1, 0.15) is 0 Å². The molecular formula is C25H41ClF2N2O. The summed E-state index contributed by atoms with van der Waals surface area (Å²) < 4.78 is 26.3. The Morgan fingerprint density at radius 3 is 1.65 bits per heavy atom. The number of rotatable bonds is 18. The molecule has 0 aliphatic heterocycles. The lowest BCUT2D eigenvalue weighted by Gasteiger charge is -2.09. The first-order valence-electron chi connectivity index (χ1n) is 12.2. The van der Waals surface area contributed by atoms with E-state index in [1.165, 1.54) is 89.9 Å². The highest BCUT2D eigenvalue weighted by atomic mass is 35.5. The van der Waals surface area contributed by atoms with Crippen molar-refractivity contribution < 1.29 is 13.6 Å². The van der Waals surface area contributed by atoms with Crippen LogP contribution in [0, 0.1) is 11.6 Å². The molecule has 0 saturated heterocycles. The largest absolute Gasteiger partial charge is 0.338 e. The number of carbonyl (C=O) groups is 1. The predicted molar refractivity (Wildman–Crippen MR) is 128 cm³/mol. The van der Waals surface area contributed by atoms with Crippen LogP contribution in [0.3, 0.4) is 0 Å². The molecule has 1 aromatic carbocycles. The molecule has 2 amide bonds. The zero-order valence-electron chi connectivity index (χ0n) is 19.2. The Kier molecular flexibility index (Phi) is 16.3. The van der Waals surface area contributed by atoms with E-state index in [9.17, 15) is 13.6 Å². The SMILES string of the molecule is CCCCCCCCCCCCCCCCCCNC(=O)Nc1cc(F)c(F)cc1Cl. The summed E-state index contributed by atoms with van der Waals surface area (Å²) in [6, 6.07) is 1.27. The minimum absolute atomic E-state index is 0.0311. The molecule has 1 rings (SSSR count). The molecule has 31 heavy (non-hydrogen) atoms. The second kappa shape index (κ2) is 18.2. The molecule has 0 unspecified atom stereocenters. The lowest BCUT2D eigenvalue weighted by molar-refractivity contribution is 0.252. The van der Waals surface area contributed by atoms with Crippen molar-refractivity contribution in [2.75, 3.05) is 11.9 Å². The van der Waals surface area contributed by atoms with E-state index in [1.54, 1.807) is 0 Å². The molecule has 0 saturated carbocycles. The quantitative estimate of drug-likeness (QED) is 0.167. The molecule has 0 fully saturated rings. The van der Waals surface area contributed by atoms with E-state index in [2.05, 4.69) is 17.6 Å². The van der Waals surface area contributed by atoms with Gasteiger partial charge < -0.3 is 10.6 Å². The lowest BCUT2D eigenvalue weighted by atomic mass is 10.0. The summed E-state index contributed by atoms with van der Waals surface area (Å²) in [6.07, 6.45) is 20.9. The second-order valence-electron chi connectivity index (χ2n) is 8.43. The number of nitrogens with one attached hydrogen (secondary N) is 2. The van der Waals surface area contributed by atoms with Crippen LogP contribution in [0.2, 0.25) is 5.02 Å². The molecule has 6 heteroatoms. The highest BCUT2D eigenvalue weighted by Crippen LogP contribution is 2.24. The number of amides is 2. The van der Waals surface area contributed by atoms with Crippen LogP contribution in [-0.2, 0) is 0 Å². The topological polar surface area (TPSA) is 41.1 Å². The fourth-order valence-corrected chi connectivity index (χ4v) is 3.86. The Hall–Kier alpha value is -1.36. The average molecular weight is 459 g/mol. The van der Waals surface area contributed by atoms with Gasteiger partial charge in [-0.05, 0) is 12.5 Å². The molecule has 178 valence electrons. The van der Waals surface area contributed by atoms with Crippen molar-refractivity contribution in [2.24, 2.45) is 0 Å². The first kappa shape index (κ1) is 27.7. The number of halogens is 3. The van der Waals surface area contributed by atoms with Crippen LogP contribution in [0.25, 0.3) is 0 Å². The van der Waals surface area contributed by atoms with E-state index in [1.807, 2.05) is 0 Å². The fourth-order valence-electron chi connectivity index (χ4n) is 3.66. The van der Waals surface area contributed by atoms with Crippen molar-refractivity contribution in [3.8, 4) is 0 Å². The van der Waals surface area contributed by atoms with Crippen LogP contribution in [-0.4, -0.2) is 12.6 Å². The number of hydrogen-bond donors (Lipinski definition) is 2. The molecule has 0 radical (unpaired) electrons. The van der Waals surface area contributed by atoms with Crippen LogP contribution < -0.4 is 10.6 Å². The second-order valence-corrected chi connectivity index (χ2v) is 8.84. The van der Waals surface area contributed by atoms with Gasteiger partial charge in [0.25, 0.3) is 0 Å². The summed E-state index contributed by atoms with van der Waals surface area (Å²) in [4.78, 5) is 11.8. The maximum absolute atomic E-state index is 13.2. The Morgan fingerprint density at radius 2 is 1.16 bits per heavy atom. The number of urea groups is 1. The van der Waals surface area contributed by atoms with Gasteiger partial charge in [0.05, 0.1) is 10.7 Å². The van der Waals surface area contributed by atoms with Crippen molar-refractivity contribution >= 4 is 23.3 Å². The number of benzene rings is 1. The van der Waals surface area contributed by atoms with Crippen LogP contribution in [0.5, 0.6) is 0 Å². The number of unbranched alkanes of at least 4 members (excludes halogenated alkanes) is 15. The van der Waals surface area contributed by atoms with Gasteiger partial charge in [-0.2, -0.15) is 0 Å². The zero-order valence-corrected chi connectivity index (χ0v) is 20.0. The lowest BCUT2D eigenvalue weighted by Crippen LogP contribution is -2.29. The van der Waals surface area contributed by atoms with Gasteiger partial charge in [-0.15, -0.1) is 0 Å². The molecular weight excluding hydrogens is 418 g/mol. The van der Waals surface area contributed by atoms with Crippen LogP contribution >= 0.6 is 11.6 Å². The minimum Gasteiger partial charge on any atom is -0.338 e. The molecule has 0 bridgehead atoms. The standard InChI is InChI=1S/C25H41ClF2N2O/c1-2-3-4-5-6-7-8-9-10-11-12-13-14-15-16-17-18-29-25(31)30-24-20-23(28)22(27)19-21(24)26/h19-20H,2-18H2,1H3,(H2,29,30,31). The van der Waals surface area contributed by atoms with Gasteiger partial charge in [-0.1, -0.05) is 115 Å². The molecule has 0 aliphatic carbocycles. The van der Waals surface area contributed by atoms with Crippen molar-refractivity contribution in [3.63, 3.8) is 0 Å². The van der Waals surface area contributed by atoms with Crippen molar-refractivity contribution in [3.05, 3.63) is 28.8 Å². The van der Waals surface area contributed by atoms with Gasteiger partial charge in [-0.3, -0.25) is 0 Å². The summed E-state index contributed by atoms with van der Waals surface area (Å²) in [5.74, 6) is -2.08. The van der Waals surface area contributed by atoms with E-state index >= 15 is 0 Å². The monoisotopic (exact) mass is 458 g/mol. The highest BCUT2D eigenvalue weighted by molar-refractivity contribution is 6.33. The van der Waals surface area contributed by atoms with Gasteiger partial charge in [0.2, 0.25) is 0 Å². The Balaban J connectivity index is 1.87. The molecule has 0 spiro atoms. The maximum Gasteiger partial charge on any atom is 0.319 e. The summed E-state index contributed by atoms with van der Waals surface area (Å²) in [7, 11) is 0. The van der Waals surface area contributed by atoms with Gasteiger partial charge >= 0.3 is 6.03 Å². The van der Waals surface area contributed by atoms with Gasteiger partial charge in [0, 0.05) is 12.6 Å². The van der Waals surface area contributed by atoms with Gasteiger partial charge in [-0.25, -0.2) is 13.6 Å². The number of carbonyl (C=O) groups excluding carboxylic acids is 1. The van der Waals surface area contributed by atoms with E-state index in [0.717, 1.165) is 25.0 Å². The normalized spacial score (nSPS) is 11.0. The third-order valence-electron chi connectivity index (χ3n) is 5.57. The summed E-state index contributed by atoms with van der Waals surface area (Å²) in [6.45, 7) is 2.81. The van der Waals surface area contributed by atoms with Gasteiger partial charge in [0.15, 0.2) is 11.6 Å². The first-order chi connectivity index (χ1) is 15.0. The van der Waals surface area contributed by atoms with E-state index in [0.29, 0.717) is 6.54 Å². The predicted octanol–water partition coefficient (Wildman–Crippen LogP) is 9.00. The number of anilines is 1. The van der Waals surface area contributed by atoms with Crippen LogP contribution in [0.1, 0.15) is 110 Å². The van der Waals surface area contributed by atoms with E-state index < -0.39 is 17.7 Å².